The maximum atomic E-state index is 9.92. The van der Waals surface area contributed by atoms with Gasteiger partial charge in [0.15, 0.2) is 11.5 Å². The average Bonchev–Trinajstić information content (AvgIpc) is 2.70. The van der Waals surface area contributed by atoms with Crippen LogP contribution >= 0.6 is 0 Å². The molecule has 0 spiro atoms. The lowest BCUT2D eigenvalue weighted by Gasteiger charge is -2.24. The Morgan fingerprint density at radius 1 is 1.14 bits per heavy atom. The van der Waals surface area contributed by atoms with Gasteiger partial charge < -0.3 is 10.2 Å². The Kier molecular flexibility index (Phi) is 4.16. The van der Waals surface area contributed by atoms with Crippen molar-refractivity contribution >= 4 is 0 Å². The van der Waals surface area contributed by atoms with Crippen molar-refractivity contribution in [2.75, 3.05) is 19.6 Å². The zero-order valence-electron chi connectivity index (χ0n) is 12.6. The second-order valence-corrected chi connectivity index (χ2v) is 5.80. The van der Waals surface area contributed by atoms with Gasteiger partial charge in [0.05, 0.1) is 0 Å². The van der Waals surface area contributed by atoms with E-state index in [-0.39, 0.29) is 17.4 Å². The summed E-state index contributed by atoms with van der Waals surface area (Å²) >= 11 is 0. The van der Waals surface area contributed by atoms with Gasteiger partial charge in [0.25, 0.3) is 0 Å². The van der Waals surface area contributed by atoms with Crippen LogP contribution in [0.5, 0.6) is 11.5 Å². The normalized spacial score (nSPS) is 18.5. The number of phenolic OH excluding ortho intramolecular Hbond substituents is 2. The van der Waals surface area contributed by atoms with Gasteiger partial charge in [-0.05, 0) is 35.2 Å². The SMILES string of the molecule is C=CCN1CCc2cc(O)c(O)cc2[C@@H](c2ccccc2)C1. The summed E-state index contributed by atoms with van der Waals surface area (Å²) in [7, 11) is 0. The van der Waals surface area contributed by atoms with E-state index in [9.17, 15) is 10.2 Å². The van der Waals surface area contributed by atoms with E-state index in [0.717, 1.165) is 37.2 Å². The van der Waals surface area contributed by atoms with Crippen molar-refractivity contribution in [1.82, 2.24) is 4.90 Å². The predicted octanol–water partition coefficient (Wildman–Crippen LogP) is 3.27. The van der Waals surface area contributed by atoms with Crippen LogP contribution in [0.4, 0.5) is 0 Å². The van der Waals surface area contributed by atoms with Crippen molar-refractivity contribution in [2.24, 2.45) is 0 Å². The van der Waals surface area contributed by atoms with Gasteiger partial charge >= 0.3 is 0 Å². The van der Waals surface area contributed by atoms with Crippen LogP contribution in [0.15, 0.2) is 55.1 Å². The van der Waals surface area contributed by atoms with E-state index >= 15 is 0 Å². The highest BCUT2D eigenvalue weighted by Crippen LogP contribution is 2.37. The third kappa shape index (κ3) is 2.85. The van der Waals surface area contributed by atoms with Gasteiger partial charge in [-0.3, -0.25) is 4.90 Å². The average molecular weight is 295 g/mol. The molecule has 0 saturated heterocycles. The van der Waals surface area contributed by atoms with Gasteiger partial charge in [0, 0.05) is 25.6 Å². The molecule has 114 valence electrons. The molecule has 0 unspecified atom stereocenters. The summed E-state index contributed by atoms with van der Waals surface area (Å²) < 4.78 is 0. The molecule has 3 nitrogen and oxygen atoms in total. The molecule has 0 radical (unpaired) electrons. The van der Waals surface area contributed by atoms with Crippen LogP contribution in [-0.2, 0) is 6.42 Å². The maximum Gasteiger partial charge on any atom is 0.157 e. The summed E-state index contributed by atoms with van der Waals surface area (Å²) in [6, 6.07) is 13.8. The Bertz CT molecular complexity index is 667. The maximum absolute atomic E-state index is 9.92. The smallest absolute Gasteiger partial charge is 0.157 e. The minimum atomic E-state index is -0.0446. The molecule has 3 rings (SSSR count). The number of hydrogen-bond acceptors (Lipinski definition) is 3. The van der Waals surface area contributed by atoms with E-state index < -0.39 is 0 Å². The Hall–Kier alpha value is -2.26. The fraction of sp³-hybridized carbons (Fsp3) is 0.263. The highest BCUT2D eigenvalue weighted by atomic mass is 16.3. The van der Waals surface area contributed by atoms with E-state index in [0.29, 0.717) is 0 Å². The fourth-order valence-corrected chi connectivity index (χ4v) is 3.22. The largest absolute Gasteiger partial charge is 0.504 e. The first kappa shape index (κ1) is 14.7. The van der Waals surface area contributed by atoms with Crippen LogP contribution in [-0.4, -0.2) is 34.7 Å². The molecule has 0 aromatic heterocycles. The standard InChI is InChI=1S/C19H21NO2/c1-2-9-20-10-8-15-11-18(21)19(22)12-16(15)17(13-20)14-6-4-3-5-7-14/h2-7,11-12,17,21-22H,1,8-10,13H2/t17-/m1/s1. The monoisotopic (exact) mass is 295 g/mol. The molecule has 2 aromatic carbocycles. The van der Waals surface area contributed by atoms with Crippen molar-refractivity contribution < 1.29 is 10.2 Å². The summed E-state index contributed by atoms with van der Waals surface area (Å²) in [5, 5.41) is 19.7. The van der Waals surface area contributed by atoms with Crippen LogP contribution in [0.25, 0.3) is 0 Å². The van der Waals surface area contributed by atoms with E-state index in [1.165, 1.54) is 5.56 Å². The highest BCUT2D eigenvalue weighted by Gasteiger charge is 2.25. The summed E-state index contributed by atoms with van der Waals surface area (Å²) in [6.45, 7) is 6.49. The number of benzene rings is 2. The zero-order valence-corrected chi connectivity index (χ0v) is 12.6. The first-order chi connectivity index (χ1) is 10.7. The number of aromatic hydroxyl groups is 2. The van der Waals surface area contributed by atoms with Gasteiger partial charge in [-0.2, -0.15) is 0 Å². The van der Waals surface area contributed by atoms with E-state index in [2.05, 4.69) is 23.6 Å². The predicted molar refractivity (Wildman–Crippen MR) is 88.4 cm³/mol. The number of hydrogen-bond donors (Lipinski definition) is 2. The van der Waals surface area contributed by atoms with Crippen LogP contribution in [0.2, 0.25) is 0 Å². The van der Waals surface area contributed by atoms with Crippen molar-refractivity contribution in [2.45, 2.75) is 12.3 Å². The molecule has 3 heteroatoms. The molecule has 0 bridgehead atoms. The minimum absolute atomic E-state index is 0.0391. The molecule has 1 aliphatic heterocycles. The molecule has 2 N–H and O–H groups in total. The molecule has 2 aromatic rings. The second kappa shape index (κ2) is 6.24. The topological polar surface area (TPSA) is 43.7 Å². The highest BCUT2D eigenvalue weighted by molar-refractivity contribution is 5.50. The lowest BCUT2D eigenvalue weighted by molar-refractivity contribution is 0.306. The first-order valence-corrected chi connectivity index (χ1v) is 7.62. The first-order valence-electron chi connectivity index (χ1n) is 7.62. The minimum Gasteiger partial charge on any atom is -0.504 e. The fourth-order valence-electron chi connectivity index (χ4n) is 3.22. The van der Waals surface area contributed by atoms with Gasteiger partial charge in [-0.1, -0.05) is 36.4 Å². The lowest BCUT2D eigenvalue weighted by atomic mass is 9.87. The molecular weight excluding hydrogens is 274 g/mol. The van der Waals surface area contributed by atoms with Crippen LogP contribution in [0.3, 0.4) is 0 Å². The number of rotatable bonds is 3. The van der Waals surface area contributed by atoms with Crippen molar-refractivity contribution in [3.63, 3.8) is 0 Å². The molecule has 0 saturated carbocycles. The molecular formula is C19H21NO2. The van der Waals surface area contributed by atoms with E-state index in [1.54, 1.807) is 12.1 Å². The summed E-state index contributed by atoms with van der Waals surface area (Å²) in [4.78, 5) is 2.36. The molecule has 0 amide bonds. The molecule has 1 atom stereocenters. The van der Waals surface area contributed by atoms with Crippen LogP contribution in [0, 0.1) is 0 Å². The Balaban J connectivity index is 2.07. The molecule has 22 heavy (non-hydrogen) atoms. The van der Waals surface area contributed by atoms with E-state index in [4.69, 9.17) is 0 Å². The van der Waals surface area contributed by atoms with Crippen LogP contribution in [0.1, 0.15) is 22.6 Å². The third-order valence-corrected chi connectivity index (χ3v) is 4.34. The second-order valence-electron chi connectivity index (χ2n) is 5.80. The summed E-state index contributed by atoms with van der Waals surface area (Å²) in [5.74, 6) is 0.102. The number of nitrogens with zero attached hydrogens (tertiary/aromatic N) is 1. The van der Waals surface area contributed by atoms with Crippen LogP contribution < -0.4 is 0 Å². The van der Waals surface area contributed by atoms with Crippen molar-refractivity contribution in [3.05, 3.63) is 71.8 Å². The Morgan fingerprint density at radius 2 is 1.86 bits per heavy atom. The Morgan fingerprint density at radius 3 is 2.59 bits per heavy atom. The summed E-state index contributed by atoms with van der Waals surface area (Å²) in [5.41, 5.74) is 3.44. The van der Waals surface area contributed by atoms with Gasteiger partial charge in [0.2, 0.25) is 0 Å². The molecule has 0 aliphatic carbocycles. The molecule has 1 heterocycles. The number of fused-ring (bicyclic) bond motifs is 1. The zero-order chi connectivity index (χ0) is 15.5. The number of phenols is 2. The molecule has 0 fully saturated rings. The van der Waals surface area contributed by atoms with Gasteiger partial charge in [-0.25, -0.2) is 0 Å². The Labute approximate surface area is 131 Å². The van der Waals surface area contributed by atoms with Crippen molar-refractivity contribution in [3.8, 4) is 11.5 Å². The lowest BCUT2D eigenvalue weighted by Crippen LogP contribution is -2.28. The van der Waals surface area contributed by atoms with Gasteiger partial charge in [0.1, 0.15) is 0 Å². The summed E-state index contributed by atoms with van der Waals surface area (Å²) in [6.07, 6.45) is 2.79. The quantitative estimate of drug-likeness (QED) is 0.674. The van der Waals surface area contributed by atoms with E-state index in [1.807, 2.05) is 24.3 Å². The van der Waals surface area contributed by atoms with Crippen molar-refractivity contribution in [1.29, 1.82) is 0 Å². The third-order valence-electron chi connectivity index (χ3n) is 4.34. The molecule has 1 aliphatic rings. The van der Waals surface area contributed by atoms with Gasteiger partial charge in [-0.15, -0.1) is 6.58 Å².